The minimum Gasteiger partial charge on any atom is -0.306 e. The Morgan fingerprint density at radius 3 is 2.89 bits per heavy atom. The quantitative estimate of drug-likeness (QED) is 0.848. The highest BCUT2D eigenvalue weighted by Crippen LogP contribution is 2.23. The Kier molecular flexibility index (Phi) is 3.50. The first-order valence-corrected chi connectivity index (χ1v) is 7.27. The summed E-state index contributed by atoms with van der Waals surface area (Å²) in [6.07, 6.45) is 6.40. The van der Waals surface area contributed by atoms with Crippen LogP contribution in [0.4, 0.5) is 4.79 Å². The summed E-state index contributed by atoms with van der Waals surface area (Å²) >= 11 is 1.63. The summed E-state index contributed by atoms with van der Waals surface area (Å²) in [7, 11) is 0. The number of likely N-dealkylation sites (tertiary alicyclic amines) is 1. The van der Waals surface area contributed by atoms with E-state index in [0.29, 0.717) is 0 Å². The molecule has 0 saturated carbocycles. The predicted octanol–water partition coefficient (Wildman–Crippen LogP) is 2.65. The minimum absolute atomic E-state index is 0.319. The average molecular weight is 277 g/mol. The normalized spacial score (nSPS) is 15.5. The summed E-state index contributed by atoms with van der Waals surface area (Å²) in [5, 5.41) is 6.07. The highest BCUT2D eigenvalue weighted by Gasteiger charge is 2.19. The van der Waals surface area contributed by atoms with Gasteiger partial charge >= 0.3 is 6.09 Å². The van der Waals surface area contributed by atoms with E-state index in [9.17, 15) is 4.79 Å². The van der Waals surface area contributed by atoms with Gasteiger partial charge in [0.2, 0.25) is 0 Å². The third kappa shape index (κ3) is 2.78. The number of rotatable bonds is 2. The summed E-state index contributed by atoms with van der Waals surface area (Å²) in [6.45, 7) is 1.55. The molecule has 6 heteroatoms. The Balaban J connectivity index is 1.65. The summed E-state index contributed by atoms with van der Waals surface area (Å²) in [4.78, 5) is 21.2. The molecule has 1 saturated heterocycles. The van der Waals surface area contributed by atoms with Gasteiger partial charge in [-0.05, 0) is 30.7 Å². The Morgan fingerprint density at radius 1 is 1.32 bits per heavy atom. The van der Waals surface area contributed by atoms with Crippen molar-refractivity contribution in [3.8, 4) is 10.4 Å². The molecular formula is C13H15N3O2S. The van der Waals surface area contributed by atoms with Crippen molar-refractivity contribution in [3.63, 3.8) is 0 Å². The minimum atomic E-state index is -0.319. The van der Waals surface area contributed by atoms with Crippen LogP contribution in [-0.4, -0.2) is 34.0 Å². The lowest BCUT2D eigenvalue weighted by Crippen LogP contribution is -2.40. The molecule has 1 amide bonds. The molecule has 0 unspecified atom stereocenters. The zero-order chi connectivity index (χ0) is 13.1. The maximum atomic E-state index is 11.9. The molecule has 3 rings (SSSR count). The first-order valence-electron chi connectivity index (χ1n) is 6.39. The molecule has 0 bridgehead atoms. The highest BCUT2D eigenvalue weighted by atomic mass is 32.1. The lowest BCUT2D eigenvalue weighted by Gasteiger charge is -2.24. The Morgan fingerprint density at radius 2 is 2.16 bits per heavy atom. The number of aromatic nitrogens is 2. The number of carbonyl (C=O) groups is 1. The number of nitrogens with zero attached hydrogens (tertiary/aromatic N) is 3. The molecule has 0 spiro atoms. The van der Waals surface area contributed by atoms with Crippen LogP contribution < -0.4 is 4.84 Å². The topological polar surface area (TPSA) is 47.4 Å². The molecule has 0 aliphatic carbocycles. The van der Waals surface area contributed by atoms with E-state index in [1.54, 1.807) is 28.6 Å². The van der Waals surface area contributed by atoms with E-state index >= 15 is 0 Å². The second kappa shape index (κ2) is 5.44. The number of carbonyl (C=O) groups excluding carboxylic acids is 1. The fraction of sp³-hybridized carbons (Fsp3) is 0.385. The van der Waals surface area contributed by atoms with Gasteiger partial charge in [0.15, 0.2) is 0 Å². The van der Waals surface area contributed by atoms with Crippen molar-refractivity contribution in [1.82, 2.24) is 14.8 Å². The van der Waals surface area contributed by atoms with Crippen molar-refractivity contribution in [2.45, 2.75) is 19.3 Å². The SMILES string of the molecule is O=C(On1cc(-c2cccs2)cn1)N1CCCCC1. The van der Waals surface area contributed by atoms with Crippen LogP contribution >= 0.6 is 11.3 Å². The Hall–Kier alpha value is -1.82. The number of piperidine rings is 1. The number of hydrogen-bond donors (Lipinski definition) is 0. The maximum absolute atomic E-state index is 11.9. The van der Waals surface area contributed by atoms with E-state index in [0.717, 1.165) is 36.4 Å². The molecule has 0 aromatic carbocycles. The van der Waals surface area contributed by atoms with Crippen LogP contribution in [0.25, 0.3) is 10.4 Å². The Bertz CT molecular complexity index is 544. The fourth-order valence-electron chi connectivity index (χ4n) is 2.14. The summed E-state index contributed by atoms with van der Waals surface area (Å²) in [5.74, 6) is 0. The predicted molar refractivity (Wildman–Crippen MR) is 72.9 cm³/mol. The van der Waals surface area contributed by atoms with Crippen LogP contribution in [0.1, 0.15) is 19.3 Å². The molecule has 1 aliphatic heterocycles. The zero-order valence-electron chi connectivity index (χ0n) is 10.5. The van der Waals surface area contributed by atoms with Crippen LogP contribution in [0, 0.1) is 0 Å². The van der Waals surface area contributed by atoms with Crippen molar-refractivity contribution in [2.24, 2.45) is 0 Å². The van der Waals surface area contributed by atoms with Gasteiger partial charge in [0.25, 0.3) is 0 Å². The summed E-state index contributed by atoms with van der Waals surface area (Å²) in [5.41, 5.74) is 0.960. The smallest absolute Gasteiger partial charge is 0.306 e. The van der Waals surface area contributed by atoms with Crippen LogP contribution in [0.3, 0.4) is 0 Å². The second-order valence-corrected chi connectivity index (χ2v) is 5.46. The van der Waals surface area contributed by atoms with Gasteiger partial charge in [-0.3, -0.25) is 4.84 Å². The molecule has 2 aromatic rings. The third-order valence-electron chi connectivity index (χ3n) is 3.15. The van der Waals surface area contributed by atoms with Gasteiger partial charge in [-0.1, -0.05) is 10.9 Å². The van der Waals surface area contributed by atoms with E-state index in [2.05, 4.69) is 5.10 Å². The van der Waals surface area contributed by atoms with Gasteiger partial charge in [0.1, 0.15) is 0 Å². The fourth-order valence-corrected chi connectivity index (χ4v) is 2.84. The van der Waals surface area contributed by atoms with E-state index in [1.807, 2.05) is 17.5 Å². The molecule has 0 radical (unpaired) electrons. The van der Waals surface area contributed by atoms with E-state index < -0.39 is 0 Å². The molecule has 19 heavy (non-hydrogen) atoms. The Labute approximate surface area is 115 Å². The highest BCUT2D eigenvalue weighted by molar-refractivity contribution is 7.13. The van der Waals surface area contributed by atoms with Gasteiger partial charge in [-0.15, -0.1) is 16.4 Å². The van der Waals surface area contributed by atoms with Crippen LogP contribution in [0.15, 0.2) is 29.9 Å². The average Bonchev–Trinajstić information content (AvgIpc) is 3.10. The lowest BCUT2D eigenvalue weighted by atomic mass is 10.1. The molecule has 1 fully saturated rings. The van der Waals surface area contributed by atoms with Crippen molar-refractivity contribution in [2.75, 3.05) is 13.1 Å². The van der Waals surface area contributed by atoms with Crippen molar-refractivity contribution in [3.05, 3.63) is 29.9 Å². The first kappa shape index (κ1) is 12.2. The van der Waals surface area contributed by atoms with Gasteiger partial charge in [0.05, 0.1) is 12.4 Å². The van der Waals surface area contributed by atoms with Gasteiger partial charge in [-0.2, -0.15) is 0 Å². The van der Waals surface area contributed by atoms with Gasteiger partial charge in [-0.25, -0.2) is 4.79 Å². The maximum Gasteiger partial charge on any atom is 0.435 e. The van der Waals surface area contributed by atoms with Crippen LogP contribution in [-0.2, 0) is 0 Å². The van der Waals surface area contributed by atoms with E-state index in [4.69, 9.17) is 4.84 Å². The van der Waals surface area contributed by atoms with E-state index in [1.165, 1.54) is 11.3 Å². The molecule has 1 aliphatic rings. The molecule has 0 atom stereocenters. The molecular weight excluding hydrogens is 262 g/mol. The third-order valence-corrected chi connectivity index (χ3v) is 4.07. The number of hydrogen-bond acceptors (Lipinski definition) is 4. The monoisotopic (exact) mass is 277 g/mol. The molecule has 3 heterocycles. The lowest BCUT2D eigenvalue weighted by molar-refractivity contribution is 0.0731. The van der Waals surface area contributed by atoms with Crippen molar-refractivity contribution < 1.29 is 9.63 Å². The van der Waals surface area contributed by atoms with Crippen LogP contribution in [0.2, 0.25) is 0 Å². The summed E-state index contributed by atoms with van der Waals surface area (Å²) in [6, 6.07) is 4.00. The van der Waals surface area contributed by atoms with Gasteiger partial charge in [0, 0.05) is 23.5 Å². The zero-order valence-corrected chi connectivity index (χ0v) is 11.3. The molecule has 5 nitrogen and oxygen atoms in total. The molecule has 0 N–H and O–H groups in total. The number of amides is 1. The standard InChI is InChI=1S/C13H15N3O2S/c17-13(15-6-2-1-3-7-15)18-16-10-11(9-14-16)12-5-4-8-19-12/h4-5,8-10H,1-3,6-7H2. The number of thiophene rings is 1. The molecule has 2 aromatic heterocycles. The van der Waals surface area contributed by atoms with Crippen LogP contribution in [0.5, 0.6) is 0 Å². The van der Waals surface area contributed by atoms with Crippen molar-refractivity contribution in [1.29, 1.82) is 0 Å². The second-order valence-electron chi connectivity index (χ2n) is 4.51. The molecule has 100 valence electrons. The first-order chi connectivity index (χ1) is 9.33. The largest absolute Gasteiger partial charge is 0.435 e. The summed E-state index contributed by atoms with van der Waals surface area (Å²) < 4.78 is 0. The van der Waals surface area contributed by atoms with Gasteiger partial charge < -0.3 is 4.90 Å². The van der Waals surface area contributed by atoms with E-state index in [-0.39, 0.29) is 6.09 Å². The van der Waals surface area contributed by atoms with Crippen molar-refractivity contribution >= 4 is 17.4 Å².